The van der Waals surface area contributed by atoms with Crippen LogP contribution in [0.3, 0.4) is 0 Å². The molecule has 1 aliphatic carbocycles. The molecule has 0 unspecified atom stereocenters. The van der Waals surface area contributed by atoms with Gasteiger partial charge in [-0.2, -0.15) is 0 Å². The molecule has 1 fully saturated rings. The molecule has 0 spiro atoms. The molecule has 0 aromatic heterocycles. The highest BCUT2D eigenvalue weighted by Gasteiger charge is 2.20. The SMILES string of the molecule is COC(=O)CNC(=O)C1CCCCCC1. The molecule has 1 amide bonds. The number of nitrogens with one attached hydrogen (secondary N) is 1. The van der Waals surface area contributed by atoms with Crippen molar-refractivity contribution < 1.29 is 14.3 Å². The highest BCUT2D eigenvalue weighted by atomic mass is 16.5. The molecule has 0 heterocycles. The minimum atomic E-state index is -0.392. The first-order chi connectivity index (χ1) is 7.24. The molecule has 4 heteroatoms. The Bertz CT molecular complexity index is 220. The lowest BCUT2D eigenvalue weighted by atomic mass is 9.99. The molecule has 0 aromatic carbocycles. The third kappa shape index (κ3) is 4.32. The Labute approximate surface area is 90.4 Å². The molecule has 0 saturated heterocycles. The van der Waals surface area contributed by atoms with Crippen molar-refractivity contribution in [3.63, 3.8) is 0 Å². The van der Waals surface area contributed by atoms with Gasteiger partial charge in [-0.1, -0.05) is 25.7 Å². The van der Waals surface area contributed by atoms with Crippen LogP contribution in [0.4, 0.5) is 0 Å². The smallest absolute Gasteiger partial charge is 0.325 e. The maximum Gasteiger partial charge on any atom is 0.325 e. The van der Waals surface area contributed by atoms with Crippen molar-refractivity contribution in [3.8, 4) is 0 Å². The summed E-state index contributed by atoms with van der Waals surface area (Å²) in [5.74, 6) is -0.295. The van der Waals surface area contributed by atoms with E-state index in [1.807, 2.05) is 0 Å². The van der Waals surface area contributed by atoms with Gasteiger partial charge in [0, 0.05) is 5.92 Å². The van der Waals surface area contributed by atoms with Crippen LogP contribution in [-0.4, -0.2) is 25.5 Å². The van der Waals surface area contributed by atoms with Crippen LogP contribution in [0.5, 0.6) is 0 Å². The van der Waals surface area contributed by atoms with Gasteiger partial charge in [0.25, 0.3) is 0 Å². The third-order valence-electron chi connectivity index (χ3n) is 2.86. The maximum atomic E-state index is 11.7. The predicted molar refractivity (Wildman–Crippen MR) is 56.2 cm³/mol. The number of hydrogen-bond acceptors (Lipinski definition) is 3. The molecule has 86 valence electrons. The first-order valence-corrected chi connectivity index (χ1v) is 5.58. The number of ether oxygens (including phenoxy) is 1. The van der Waals surface area contributed by atoms with Crippen molar-refractivity contribution in [1.82, 2.24) is 5.32 Å². The quantitative estimate of drug-likeness (QED) is 0.567. The average molecular weight is 213 g/mol. The van der Waals surface area contributed by atoms with Crippen LogP contribution in [0.2, 0.25) is 0 Å². The molecular formula is C11H19NO3. The molecular weight excluding hydrogens is 194 g/mol. The minimum absolute atomic E-state index is 0.00213. The van der Waals surface area contributed by atoms with Crippen molar-refractivity contribution in [2.24, 2.45) is 5.92 Å². The number of rotatable bonds is 3. The summed E-state index contributed by atoms with van der Waals surface area (Å²) in [5, 5.41) is 2.62. The van der Waals surface area contributed by atoms with Gasteiger partial charge in [0.15, 0.2) is 0 Å². The Hall–Kier alpha value is -1.06. The van der Waals surface area contributed by atoms with E-state index in [0.29, 0.717) is 0 Å². The number of carbonyl (C=O) groups is 2. The van der Waals surface area contributed by atoms with Crippen molar-refractivity contribution in [3.05, 3.63) is 0 Å². The van der Waals surface area contributed by atoms with Crippen molar-refractivity contribution in [2.45, 2.75) is 38.5 Å². The molecule has 1 saturated carbocycles. The number of hydrogen-bond donors (Lipinski definition) is 1. The van der Waals surface area contributed by atoms with Crippen LogP contribution in [0, 0.1) is 5.92 Å². The Balaban J connectivity index is 2.28. The fraction of sp³-hybridized carbons (Fsp3) is 0.818. The van der Waals surface area contributed by atoms with Gasteiger partial charge in [-0.15, -0.1) is 0 Å². The fourth-order valence-corrected chi connectivity index (χ4v) is 1.92. The number of esters is 1. The first-order valence-electron chi connectivity index (χ1n) is 5.58. The van der Waals surface area contributed by atoms with E-state index in [9.17, 15) is 9.59 Å². The van der Waals surface area contributed by atoms with Crippen molar-refractivity contribution >= 4 is 11.9 Å². The Morgan fingerprint density at radius 3 is 2.33 bits per heavy atom. The summed E-state index contributed by atoms with van der Waals surface area (Å²) >= 11 is 0. The fourth-order valence-electron chi connectivity index (χ4n) is 1.92. The summed E-state index contributed by atoms with van der Waals surface area (Å²) in [6.45, 7) is -0.00810. The average Bonchev–Trinajstić information content (AvgIpc) is 2.53. The zero-order valence-corrected chi connectivity index (χ0v) is 9.25. The molecule has 0 bridgehead atoms. The van der Waals surface area contributed by atoms with E-state index in [4.69, 9.17) is 0 Å². The van der Waals surface area contributed by atoms with Gasteiger partial charge in [0.1, 0.15) is 6.54 Å². The van der Waals surface area contributed by atoms with Gasteiger partial charge in [-0.3, -0.25) is 9.59 Å². The van der Waals surface area contributed by atoms with Crippen LogP contribution >= 0.6 is 0 Å². The van der Waals surface area contributed by atoms with Gasteiger partial charge < -0.3 is 10.1 Å². The van der Waals surface area contributed by atoms with E-state index in [1.54, 1.807) is 0 Å². The molecule has 1 rings (SSSR count). The van der Waals surface area contributed by atoms with E-state index < -0.39 is 5.97 Å². The van der Waals surface area contributed by atoms with Gasteiger partial charge in [0.2, 0.25) is 5.91 Å². The number of carbonyl (C=O) groups excluding carboxylic acids is 2. The highest BCUT2D eigenvalue weighted by Crippen LogP contribution is 2.22. The van der Waals surface area contributed by atoms with Gasteiger partial charge in [-0.05, 0) is 12.8 Å². The summed E-state index contributed by atoms with van der Waals surface area (Å²) in [7, 11) is 1.32. The molecule has 0 aromatic rings. The van der Waals surface area contributed by atoms with Crippen molar-refractivity contribution in [2.75, 3.05) is 13.7 Å². The van der Waals surface area contributed by atoms with Gasteiger partial charge in [0.05, 0.1) is 7.11 Å². The topological polar surface area (TPSA) is 55.4 Å². The van der Waals surface area contributed by atoms with E-state index in [-0.39, 0.29) is 18.4 Å². The Kier molecular flexibility index (Phi) is 5.15. The monoisotopic (exact) mass is 213 g/mol. The zero-order valence-electron chi connectivity index (χ0n) is 9.25. The zero-order chi connectivity index (χ0) is 11.1. The van der Waals surface area contributed by atoms with Crippen LogP contribution < -0.4 is 5.32 Å². The lowest BCUT2D eigenvalue weighted by molar-refractivity contribution is -0.141. The largest absolute Gasteiger partial charge is 0.468 e. The van der Waals surface area contributed by atoms with Crippen LogP contribution in [-0.2, 0) is 14.3 Å². The van der Waals surface area contributed by atoms with Crippen LogP contribution in [0.15, 0.2) is 0 Å². The first kappa shape index (κ1) is 12.0. The summed E-state index contributed by atoms with van der Waals surface area (Å²) in [6.07, 6.45) is 6.59. The Morgan fingerprint density at radius 2 is 1.80 bits per heavy atom. The second kappa shape index (κ2) is 6.43. The summed E-state index contributed by atoms with van der Waals surface area (Å²) in [6, 6.07) is 0. The highest BCUT2D eigenvalue weighted by molar-refractivity contribution is 5.83. The van der Waals surface area contributed by atoms with Gasteiger partial charge >= 0.3 is 5.97 Å². The molecule has 0 radical (unpaired) electrons. The molecule has 4 nitrogen and oxygen atoms in total. The standard InChI is InChI=1S/C11H19NO3/c1-15-10(13)8-12-11(14)9-6-4-2-3-5-7-9/h9H,2-8H2,1H3,(H,12,14). The van der Waals surface area contributed by atoms with Crippen molar-refractivity contribution in [1.29, 1.82) is 0 Å². The van der Waals surface area contributed by atoms with E-state index in [2.05, 4.69) is 10.1 Å². The Morgan fingerprint density at radius 1 is 1.20 bits per heavy atom. The second-order valence-corrected chi connectivity index (χ2v) is 3.98. The lowest BCUT2D eigenvalue weighted by Crippen LogP contribution is -2.34. The summed E-state index contributed by atoms with van der Waals surface area (Å²) in [4.78, 5) is 22.5. The van der Waals surface area contributed by atoms with E-state index >= 15 is 0 Å². The molecule has 15 heavy (non-hydrogen) atoms. The molecule has 1 aliphatic rings. The third-order valence-corrected chi connectivity index (χ3v) is 2.86. The molecule has 1 N–H and O–H groups in total. The number of methoxy groups -OCH3 is 1. The van der Waals surface area contributed by atoms with Crippen LogP contribution in [0.25, 0.3) is 0 Å². The molecule has 0 aliphatic heterocycles. The van der Waals surface area contributed by atoms with E-state index in [1.165, 1.54) is 20.0 Å². The van der Waals surface area contributed by atoms with E-state index in [0.717, 1.165) is 25.7 Å². The predicted octanol–water partition coefficient (Wildman–Crippen LogP) is 1.25. The number of amides is 1. The lowest BCUT2D eigenvalue weighted by Gasteiger charge is -2.13. The summed E-state index contributed by atoms with van der Waals surface area (Å²) in [5.41, 5.74) is 0. The minimum Gasteiger partial charge on any atom is -0.468 e. The summed E-state index contributed by atoms with van der Waals surface area (Å²) < 4.78 is 4.46. The van der Waals surface area contributed by atoms with Crippen LogP contribution in [0.1, 0.15) is 38.5 Å². The second-order valence-electron chi connectivity index (χ2n) is 3.98. The maximum absolute atomic E-state index is 11.7. The molecule has 0 atom stereocenters. The normalized spacial score (nSPS) is 17.9. The van der Waals surface area contributed by atoms with Gasteiger partial charge in [-0.25, -0.2) is 0 Å².